The molecule has 0 radical (unpaired) electrons. The summed E-state index contributed by atoms with van der Waals surface area (Å²) in [5.41, 5.74) is 2.20. The van der Waals surface area contributed by atoms with Gasteiger partial charge in [0.05, 0.1) is 6.61 Å². The molecule has 2 aromatic carbocycles. The monoisotopic (exact) mass is 312 g/mol. The zero-order valence-electron chi connectivity index (χ0n) is 13.2. The lowest BCUT2D eigenvalue weighted by Gasteiger charge is -2.19. The number of hydrogen-bond donors (Lipinski definition) is 2. The van der Waals surface area contributed by atoms with E-state index >= 15 is 0 Å². The van der Waals surface area contributed by atoms with Crippen LogP contribution in [0, 0.1) is 0 Å². The number of esters is 1. The van der Waals surface area contributed by atoms with E-state index in [1.54, 1.807) is 25.1 Å². The number of rotatable bonds is 6. The number of ether oxygens (including phenoxy) is 1. The van der Waals surface area contributed by atoms with Crippen LogP contribution in [0.4, 0.5) is 11.4 Å². The minimum atomic E-state index is -0.608. The van der Waals surface area contributed by atoms with E-state index in [2.05, 4.69) is 10.6 Å². The van der Waals surface area contributed by atoms with Crippen LogP contribution >= 0.6 is 0 Å². The van der Waals surface area contributed by atoms with E-state index < -0.39 is 6.04 Å². The van der Waals surface area contributed by atoms with Crippen LogP contribution in [0.3, 0.4) is 0 Å². The van der Waals surface area contributed by atoms with E-state index in [0.717, 1.165) is 11.3 Å². The summed E-state index contributed by atoms with van der Waals surface area (Å²) in [6.07, 6.45) is 0. The minimum Gasteiger partial charge on any atom is -0.464 e. The highest BCUT2D eigenvalue weighted by Crippen LogP contribution is 2.23. The number of hydrogen-bond acceptors (Lipinski definition) is 4. The molecule has 0 bridgehead atoms. The third kappa shape index (κ3) is 4.85. The van der Waals surface area contributed by atoms with Crippen molar-refractivity contribution in [1.29, 1.82) is 0 Å². The number of carbonyl (C=O) groups is 2. The van der Waals surface area contributed by atoms with Crippen molar-refractivity contribution in [1.82, 2.24) is 0 Å². The predicted molar refractivity (Wildman–Crippen MR) is 90.2 cm³/mol. The summed E-state index contributed by atoms with van der Waals surface area (Å²) >= 11 is 0. The number of benzene rings is 2. The van der Waals surface area contributed by atoms with Gasteiger partial charge in [0.1, 0.15) is 0 Å². The van der Waals surface area contributed by atoms with Crippen molar-refractivity contribution in [2.45, 2.75) is 19.9 Å². The predicted octanol–water partition coefficient (Wildman–Crippen LogP) is 3.36. The molecule has 0 fully saturated rings. The molecule has 0 aliphatic rings. The van der Waals surface area contributed by atoms with Crippen molar-refractivity contribution >= 4 is 23.3 Å². The van der Waals surface area contributed by atoms with Gasteiger partial charge in [0.2, 0.25) is 5.91 Å². The summed E-state index contributed by atoms with van der Waals surface area (Å²) < 4.78 is 5.15. The average Bonchev–Trinajstić information content (AvgIpc) is 2.53. The van der Waals surface area contributed by atoms with Gasteiger partial charge in [-0.3, -0.25) is 4.79 Å². The van der Waals surface area contributed by atoms with E-state index in [9.17, 15) is 9.59 Å². The molecule has 2 aromatic rings. The minimum absolute atomic E-state index is 0.146. The van der Waals surface area contributed by atoms with Gasteiger partial charge in [-0.15, -0.1) is 0 Å². The Hall–Kier alpha value is -2.82. The number of carbonyl (C=O) groups excluding carboxylic acids is 2. The Morgan fingerprint density at radius 3 is 2.39 bits per heavy atom. The molecule has 5 heteroatoms. The molecule has 2 N–H and O–H groups in total. The third-order valence-corrected chi connectivity index (χ3v) is 3.15. The zero-order valence-corrected chi connectivity index (χ0v) is 13.2. The lowest BCUT2D eigenvalue weighted by atomic mass is 10.1. The Balaban J connectivity index is 2.24. The van der Waals surface area contributed by atoms with Gasteiger partial charge in [0, 0.05) is 18.3 Å². The molecule has 0 aliphatic carbocycles. The van der Waals surface area contributed by atoms with Gasteiger partial charge in [-0.1, -0.05) is 36.4 Å². The maximum atomic E-state index is 12.3. The fourth-order valence-electron chi connectivity index (χ4n) is 2.21. The highest BCUT2D eigenvalue weighted by atomic mass is 16.5. The van der Waals surface area contributed by atoms with Gasteiger partial charge in [-0.05, 0) is 30.7 Å². The van der Waals surface area contributed by atoms with E-state index in [4.69, 9.17) is 4.74 Å². The van der Waals surface area contributed by atoms with Gasteiger partial charge in [0.25, 0.3) is 0 Å². The third-order valence-electron chi connectivity index (χ3n) is 3.15. The number of amides is 1. The largest absolute Gasteiger partial charge is 0.464 e. The van der Waals surface area contributed by atoms with Crippen LogP contribution in [-0.4, -0.2) is 18.5 Å². The second kappa shape index (κ2) is 7.98. The maximum absolute atomic E-state index is 12.3. The molecule has 1 amide bonds. The Morgan fingerprint density at radius 1 is 1.04 bits per heavy atom. The summed E-state index contributed by atoms with van der Waals surface area (Å²) in [5.74, 6) is -0.490. The van der Waals surface area contributed by atoms with E-state index in [1.807, 2.05) is 36.4 Å². The number of nitrogens with one attached hydrogen (secondary N) is 2. The molecule has 0 spiro atoms. The Labute approximate surface area is 135 Å². The van der Waals surface area contributed by atoms with Crippen LogP contribution in [0.5, 0.6) is 0 Å². The smallest absolute Gasteiger partial charge is 0.333 e. The van der Waals surface area contributed by atoms with Gasteiger partial charge in [-0.2, -0.15) is 0 Å². The van der Waals surface area contributed by atoms with E-state index in [1.165, 1.54) is 6.92 Å². The topological polar surface area (TPSA) is 67.4 Å². The molecular formula is C18H20N2O3. The van der Waals surface area contributed by atoms with Crippen molar-refractivity contribution < 1.29 is 14.3 Å². The van der Waals surface area contributed by atoms with Gasteiger partial charge in [0.15, 0.2) is 6.04 Å². The van der Waals surface area contributed by atoms with Crippen LogP contribution < -0.4 is 10.6 Å². The summed E-state index contributed by atoms with van der Waals surface area (Å²) in [6, 6.07) is 16.0. The SMILES string of the molecule is CCOC(=O)C(Nc1cccc(NC(C)=O)c1)c1ccccc1. The summed E-state index contributed by atoms with van der Waals surface area (Å²) in [6.45, 7) is 3.54. The molecule has 0 heterocycles. The van der Waals surface area contributed by atoms with Crippen LogP contribution in [0.25, 0.3) is 0 Å². The average molecular weight is 312 g/mol. The molecule has 23 heavy (non-hydrogen) atoms. The lowest BCUT2D eigenvalue weighted by Crippen LogP contribution is -2.23. The molecular weight excluding hydrogens is 292 g/mol. The first-order chi connectivity index (χ1) is 11.1. The zero-order chi connectivity index (χ0) is 16.7. The van der Waals surface area contributed by atoms with Crippen molar-refractivity contribution in [3.8, 4) is 0 Å². The first-order valence-corrected chi connectivity index (χ1v) is 7.46. The maximum Gasteiger partial charge on any atom is 0.333 e. The molecule has 0 saturated heterocycles. The fraction of sp³-hybridized carbons (Fsp3) is 0.222. The van der Waals surface area contributed by atoms with Crippen LogP contribution in [0.15, 0.2) is 54.6 Å². The quantitative estimate of drug-likeness (QED) is 0.803. The Bertz CT molecular complexity index is 671. The summed E-state index contributed by atoms with van der Waals surface area (Å²) in [4.78, 5) is 23.4. The molecule has 2 rings (SSSR count). The van der Waals surface area contributed by atoms with Crippen molar-refractivity contribution in [3.05, 3.63) is 60.2 Å². The fourth-order valence-corrected chi connectivity index (χ4v) is 2.21. The summed E-state index contributed by atoms with van der Waals surface area (Å²) in [5, 5.41) is 5.89. The summed E-state index contributed by atoms with van der Waals surface area (Å²) in [7, 11) is 0. The van der Waals surface area contributed by atoms with Crippen LogP contribution in [0.2, 0.25) is 0 Å². The van der Waals surface area contributed by atoms with Crippen LogP contribution in [-0.2, 0) is 14.3 Å². The Morgan fingerprint density at radius 2 is 1.74 bits per heavy atom. The highest BCUT2D eigenvalue weighted by molar-refractivity contribution is 5.89. The van der Waals surface area contributed by atoms with Gasteiger partial charge < -0.3 is 15.4 Å². The first-order valence-electron chi connectivity index (χ1n) is 7.46. The lowest BCUT2D eigenvalue weighted by molar-refractivity contribution is -0.144. The molecule has 0 aliphatic heterocycles. The molecule has 0 saturated carbocycles. The van der Waals surface area contributed by atoms with Crippen LogP contribution in [0.1, 0.15) is 25.5 Å². The first kappa shape index (κ1) is 16.5. The van der Waals surface area contributed by atoms with Gasteiger partial charge in [-0.25, -0.2) is 4.79 Å². The Kier molecular flexibility index (Phi) is 5.74. The molecule has 1 atom stereocenters. The van der Waals surface area contributed by atoms with Gasteiger partial charge >= 0.3 is 5.97 Å². The van der Waals surface area contributed by atoms with E-state index in [-0.39, 0.29) is 11.9 Å². The normalized spacial score (nSPS) is 11.4. The molecule has 120 valence electrons. The number of anilines is 2. The van der Waals surface area contributed by atoms with Crippen molar-refractivity contribution in [3.63, 3.8) is 0 Å². The van der Waals surface area contributed by atoms with E-state index in [0.29, 0.717) is 12.3 Å². The molecule has 1 unspecified atom stereocenters. The molecule has 5 nitrogen and oxygen atoms in total. The second-order valence-corrected chi connectivity index (χ2v) is 5.00. The highest BCUT2D eigenvalue weighted by Gasteiger charge is 2.21. The molecule has 0 aromatic heterocycles. The van der Waals surface area contributed by atoms with Crippen molar-refractivity contribution in [2.75, 3.05) is 17.2 Å². The van der Waals surface area contributed by atoms with Crippen molar-refractivity contribution in [2.24, 2.45) is 0 Å². The second-order valence-electron chi connectivity index (χ2n) is 5.00. The standard InChI is InChI=1S/C18H20N2O3/c1-3-23-18(22)17(14-8-5-4-6-9-14)20-16-11-7-10-15(12-16)19-13(2)21/h4-12,17,20H,3H2,1-2H3,(H,19,21).